The number of hydrogen-bond donors (Lipinski definition) is 2. The lowest BCUT2D eigenvalue weighted by Crippen LogP contribution is -2.20. The smallest absolute Gasteiger partial charge is 0.337 e. The van der Waals surface area contributed by atoms with Crippen LogP contribution in [0.3, 0.4) is 0 Å². The zero-order valence-electron chi connectivity index (χ0n) is 13.7. The molecule has 128 valence electrons. The fourth-order valence-corrected chi connectivity index (χ4v) is 2.74. The van der Waals surface area contributed by atoms with Gasteiger partial charge < -0.3 is 10.8 Å². The second-order valence-corrected chi connectivity index (χ2v) is 5.64. The van der Waals surface area contributed by atoms with Crippen LogP contribution in [0.15, 0.2) is 72.8 Å². The monoisotopic (exact) mass is 345 g/mol. The average Bonchev–Trinajstić information content (AvgIpc) is 2.67. The highest BCUT2D eigenvalue weighted by Crippen LogP contribution is 2.26. The Morgan fingerprint density at radius 3 is 1.31 bits per heavy atom. The van der Waals surface area contributed by atoms with E-state index in [2.05, 4.69) is 0 Å². The number of nitrogens with two attached hydrogens (primary N) is 1. The molecule has 3 N–H and O–H groups in total. The van der Waals surface area contributed by atoms with Gasteiger partial charge in [-0.1, -0.05) is 60.7 Å². The van der Waals surface area contributed by atoms with Gasteiger partial charge in [0.05, 0.1) is 5.56 Å². The number of fused-ring (bicyclic) bond motifs is 2. The SMILES string of the molecule is Nc1ccccc1C(=O)O.O=C1c2ccccc2C(=O)c2ccccc21. The molecule has 4 rings (SSSR count). The van der Waals surface area contributed by atoms with Crippen molar-refractivity contribution < 1.29 is 19.5 Å². The Bertz CT molecular complexity index is 918. The Balaban J connectivity index is 0.000000170. The van der Waals surface area contributed by atoms with E-state index in [4.69, 9.17) is 10.8 Å². The van der Waals surface area contributed by atoms with Crippen LogP contribution in [0.5, 0.6) is 0 Å². The van der Waals surface area contributed by atoms with Crippen LogP contribution >= 0.6 is 0 Å². The van der Waals surface area contributed by atoms with Crippen LogP contribution in [0, 0.1) is 0 Å². The lowest BCUT2D eigenvalue weighted by molar-refractivity contribution is 0.0697. The molecule has 3 aromatic carbocycles. The minimum atomic E-state index is -0.988. The number of rotatable bonds is 1. The van der Waals surface area contributed by atoms with Crippen molar-refractivity contribution in [3.63, 3.8) is 0 Å². The molecule has 1 aliphatic rings. The number of aromatic carboxylic acids is 1. The normalized spacial score (nSPS) is 11.7. The molecule has 0 bridgehead atoms. The number of nitrogen functional groups attached to an aromatic ring is 1. The molecule has 0 saturated heterocycles. The van der Waals surface area contributed by atoms with Crippen LogP contribution in [0.1, 0.15) is 42.2 Å². The van der Waals surface area contributed by atoms with Gasteiger partial charge in [0.1, 0.15) is 0 Å². The fraction of sp³-hybridized carbons (Fsp3) is 0. The first-order valence-corrected chi connectivity index (χ1v) is 7.86. The molecule has 0 atom stereocenters. The Morgan fingerprint density at radius 2 is 1.00 bits per heavy atom. The highest BCUT2D eigenvalue weighted by atomic mass is 16.4. The zero-order chi connectivity index (χ0) is 18.7. The van der Waals surface area contributed by atoms with E-state index in [-0.39, 0.29) is 17.1 Å². The van der Waals surface area contributed by atoms with Crippen molar-refractivity contribution in [1.29, 1.82) is 0 Å². The largest absolute Gasteiger partial charge is 0.478 e. The van der Waals surface area contributed by atoms with E-state index in [0.717, 1.165) is 0 Å². The standard InChI is InChI=1S/C14H8O2.C7H7NO2/c15-13-9-5-1-2-6-10(9)14(16)12-8-4-3-7-11(12)13;8-6-4-2-1-3-5(6)7(9)10/h1-8H;1-4H,8H2,(H,9,10). The number of anilines is 1. The maximum Gasteiger partial charge on any atom is 0.337 e. The molecule has 0 aromatic heterocycles. The second kappa shape index (κ2) is 7.03. The van der Waals surface area contributed by atoms with E-state index in [1.165, 1.54) is 6.07 Å². The van der Waals surface area contributed by atoms with E-state index in [1.807, 2.05) is 0 Å². The number of benzene rings is 3. The van der Waals surface area contributed by atoms with Crippen LogP contribution in [0.4, 0.5) is 5.69 Å². The summed E-state index contributed by atoms with van der Waals surface area (Å²) >= 11 is 0. The van der Waals surface area contributed by atoms with Gasteiger partial charge in [0.25, 0.3) is 0 Å². The summed E-state index contributed by atoms with van der Waals surface area (Å²) in [6.45, 7) is 0. The molecule has 0 fully saturated rings. The van der Waals surface area contributed by atoms with Crippen LogP contribution < -0.4 is 5.73 Å². The molecule has 5 heteroatoms. The summed E-state index contributed by atoms with van der Waals surface area (Å²) in [7, 11) is 0. The van der Waals surface area contributed by atoms with Gasteiger partial charge in [0.2, 0.25) is 0 Å². The maximum absolute atomic E-state index is 12.1. The number of carboxylic acids is 1. The highest BCUT2D eigenvalue weighted by molar-refractivity contribution is 6.28. The third kappa shape index (κ3) is 3.10. The van der Waals surface area contributed by atoms with Crippen LogP contribution in [-0.4, -0.2) is 22.6 Å². The first-order chi connectivity index (χ1) is 12.5. The van der Waals surface area contributed by atoms with Crippen molar-refractivity contribution in [2.75, 3.05) is 5.73 Å². The van der Waals surface area contributed by atoms with E-state index >= 15 is 0 Å². The van der Waals surface area contributed by atoms with E-state index in [0.29, 0.717) is 27.9 Å². The van der Waals surface area contributed by atoms with Crippen molar-refractivity contribution in [2.45, 2.75) is 0 Å². The van der Waals surface area contributed by atoms with Crippen LogP contribution in [-0.2, 0) is 0 Å². The molecular formula is C21H15NO4. The van der Waals surface area contributed by atoms with E-state index < -0.39 is 5.97 Å². The average molecular weight is 345 g/mol. The molecule has 0 heterocycles. The third-order valence-electron chi connectivity index (χ3n) is 4.02. The maximum atomic E-state index is 12.1. The number of carbonyl (C=O) groups is 3. The van der Waals surface area contributed by atoms with Gasteiger partial charge in [0, 0.05) is 27.9 Å². The molecule has 3 aromatic rings. The number of carbonyl (C=O) groups excluding carboxylic acids is 2. The summed E-state index contributed by atoms with van der Waals surface area (Å²) < 4.78 is 0. The van der Waals surface area contributed by atoms with Crippen molar-refractivity contribution in [3.8, 4) is 0 Å². The highest BCUT2D eigenvalue weighted by Gasteiger charge is 2.28. The van der Waals surface area contributed by atoms with Gasteiger partial charge in [-0.15, -0.1) is 0 Å². The van der Waals surface area contributed by atoms with E-state index in [9.17, 15) is 14.4 Å². The van der Waals surface area contributed by atoms with Gasteiger partial charge in [-0.25, -0.2) is 4.79 Å². The fourth-order valence-electron chi connectivity index (χ4n) is 2.74. The predicted octanol–water partition coefficient (Wildman–Crippen LogP) is 3.43. The van der Waals surface area contributed by atoms with Crippen molar-refractivity contribution in [2.24, 2.45) is 0 Å². The quantitative estimate of drug-likeness (QED) is 0.515. The summed E-state index contributed by atoms with van der Waals surface area (Å²) in [4.78, 5) is 34.5. The second-order valence-electron chi connectivity index (χ2n) is 5.64. The number of ketones is 2. The Kier molecular flexibility index (Phi) is 4.62. The number of carboxylic acid groups (broad SMARTS) is 1. The number of para-hydroxylation sites is 1. The van der Waals surface area contributed by atoms with E-state index in [1.54, 1.807) is 66.7 Å². The van der Waals surface area contributed by atoms with Gasteiger partial charge in [-0.3, -0.25) is 9.59 Å². The lowest BCUT2D eigenvalue weighted by Gasteiger charge is -2.16. The molecule has 0 saturated carbocycles. The van der Waals surface area contributed by atoms with Crippen LogP contribution in [0.2, 0.25) is 0 Å². The summed E-state index contributed by atoms with van der Waals surface area (Å²) in [6, 6.07) is 20.3. The molecule has 5 nitrogen and oxygen atoms in total. The van der Waals surface area contributed by atoms with Crippen molar-refractivity contribution in [3.05, 3.63) is 101 Å². The van der Waals surface area contributed by atoms with Gasteiger partial charge in [-0.2, -0.15) is 0 Å². The minimum absolute atomic E-state index is 0.0641. The Hall–Kier alpha value is -3.73. The molecule has 0 aliphatic heterocycles. The molecule has 0 spiro atoms. The van der Waals surface area contributed by atoms with Gasteiger partial charge in [-0.05, 0) is 12.1 Å². The number of hydrogen-bond acceptors (Lipinski definition) is 4. The van der Waals surface area contributed by atoms with Gasteiger partial charge >= 0.3 is 5.97 Å². The predicted molar refractivity (Wildman–Crippen MR) is 97.6 cm³/mol. The minimum Gasteiger partial charge on any atom is -0.478 e. The van der Waals surface area contributed by atoms with Crippen molar-refractivity contribution in [1.82, 2.24) is 0 Å². The van der Waals surface area contributed by atoms with Gasteiger partial charge in [0.15, 0.2) is 11.6 Å². The van der Waals surface area contributed by atoms with Crippen molar-refractivity contribution >= 4 is 23.2 Å². The molecule has 1 aliphatic carbocycles. The molecular weight excluding hydrogens is 330 g/mol. The summed E-state index contributed by atoms with van der Waals surface area (Å²) in [5.74, 6) is -1.12. The summed E-state index contributed by atoms with van der Waals surface area (Å²) in [5, 5.41) is 8.49. The molecule has 0 unspecified atom stereocenters. The molecule has 0 amide bonds. The van der Waals surface area contributed by atoms with Crippen LogP contribution in [0.25, 0.3) is 0 Å². The molecule has 0 radical (unpaired) electrons. The lowest BCUT2D eigenvalue weighted by atomic mass is 9.84. The Morgan fingerprint density at radius 1 is 0.654 bits per heavy atom. The first kappa shape index (κ1) is 17.1. The Labute approximate surface area is 149 Å². The first-order valence-electron chi connectivity index (χ1n) is 7.86. The molecule has 26 heavy (non-hydrogen) atoms. The topological polar surface area (TPSA) is 97.5 Å². The summed E-state index contributed by atoms with van der Waals surface area (Å²) in [6.07, 6.45) is 0. The summed E-state index contributed by atoms with van der Waals surface area (Å²) in [5.41, 5.74) is 7.82. The zero-order valence-corrected chi connectivity index (χ0v) is 13.7. The third-order valence-corrected chi connectivity index (χ3v) is 4.02.